The molecule has 0 spiro atoms. The van der Waals surface area contributed by atoms with Gasteiger partial charge in [-0.05, 0) is 20.3 Å². The lowest BCUT2D eigenvalue weighted by Crippen LogP contribution is -2.39. The van der Waals surface area contributed by atoms with Crippen LogP contribution in [0.15, 0.2) is 6.20 Å². The van der Waals surface area contributed by atoms with E-state index in [0.717, 1.165) is 11.3 Å². The second kappa shape index (κ2) is 7.02. The summed E-state index contributed by atoms with van der Waals surface area (Å²) >= 11 is 0. The summed E-state index contributed by atoms with van der Waals surface area (Å²) in [5.41, 5.74) is 2.25. The molecule has 0 aromatic carbocycles. The highest BCUT2D eigenvalue weighted by atomic mass is 32.2. The molecule has 110 valence electrons. The standard InChI is InChI=1S/C12H24N4O2S/c1-5-6-19(17,18)15-7-10(2)13-8-12-9-14-16(4)11(12)3/h9-10,13,15H,5-8H2,1-4H3. The molecule has 1 aromatic rings. The average Bonchev–Trinajstić information content (AvgIpc) is 2.65. The van der Waals surface area contributed by atoms with E-state index in [1.807, 2.05) is 38.7 Å². The highest BCUT2D eigenvalue weighted by molar-refractivity contribution is 7.89. The maximum Gasteiger partial charge on any atom is 0.211 e. The zero-order chi connectivity index (χ0) is 14.5. The fraction of sp³-hybridized carbons (Fsp3) is 0.750. The van der Waals surface area contributed by atoms with Crippen LogP contribution in [0.3, 0.4) is 0 Å². The van der Waals surface area contributed by atoms with Crippen LogP contribution in [0, 0.1) is 6.92 Å². The van der Waals surface area contributed by atoms with Crippen molar-refractivity contribution in [1.29, 1.82) is 0 Å². The maximum atomic E-state index is 11.5. The lowest BCUT2D eigenvalue weighted by Gasteiger charge is -2.14. The average molecular weight is 288 g/mol. The first-order valence-electron chi connectivity index (χ1n) is 6.54. The molecule has 0 aliphatic rings. The lowest BCUT2D eigenvalue weighted by atomic mass is 10.2. The SMILES string of the molecule is CCCS(=O)(=O)NCC(C)NCc1cnn(C)c1C. The van der Waals surface area contributed by atoms with Crippen molar-refractivity contribution >= 4 is 10.0 Å². The van der Waals surface area contributed by atoms with E-state index in [4.69, 9.17) is 0 Å². The Morgan fingerprint density at radius 1 is 1.47 bits per heavy atom. The summed E-state index contributed by atoms with van der Waals surface area (Å²) in [6.45, 7) is 6.92. The van der Waals surface area contributed by atoms with Crippen molar-refractivity contribution in [2.45, 2.75) is 39.8 Å². The van der Waals surface area contributed by atoms with E-state index in [1.54, 1.807) is 0 Å². The Balaban J connectivity index is 2.36. The summed E-state index contributed by atoms with van der Waals surface area (Å²) in [5, 5.41) is 7.46. The zero-order valence-electron chi connectivity index (χ0n) is 12.1. The van der Waals surface area contributed by atoms with Crippen LogP contribution in [0.25, 0.3) is 0 Å². The molecule has 1 heterocycles. The van der Waals surface area contributed by atoms with Crippen molar-refractivity contribution in [3.8, 4) is 0 Å². The molecule has 0 amide bonds. The second-order valence-electron chi connectivity index (χ2n) is 4.83. The third-order valence-electron chi connectivity index (χ3n) is 3.06. The smallest absolute Gasteiger partial charge is 0.211 e. The molecule has 0 saturated heterocycles. The third-order valence-corrected chi connectivity index (χ3v) is 4.61. The largest absolute Gasteiger partial charge is 0.309 e. The van der Waals surface area contributed by atoms with Crippen molar-refractivity contribution in [2.75, 3.05) is 12.3 Å². The van der Waals surface area contributed by atoms with Crippen LogP contribution in [-0.4, -0.2) is 36.5 Å². The minimum Gasteiger partial charge on any atom is -0.309 e. The number of sulfonamides is 1. The van der Waals surface area contributed by atoms with Gasteiger partial charge in [0.1, 0.15) is 0 Å². The molecule has 19 heavy (non-hydrogen) atoms. The van der Waals surface area contributed by atoms with Gasteiger partial charge in [0.2, 0.25) is 10.0 Å². The highest BCUT2D eigenvalue weighted by Gasteiger charge is 2.11. The molecule has 1 atom stereocenters. The van der Waals surface area contributed by atoms with E-state index in [1.165, 1.54) is 0 Å². The molecule has 1 rings (SSSR count). The Bertz CT molecular complexity index is 496. The van der Waals surface area contributed by atoms with Crippen molar-refractivity contribution in [1.82, 2.24) is 19.8 Å². The molecular formula is C12H24N4O2S. The first-order valence-corrected chi connectivity index (χ1v) is 8.19. The molecule has 0 aliphatic carbocycles. The zero-order valence-corrected chi connectivity index (χ0v) is 12.9. The first kappa shape index (κ1) is 16.1. The van der Waals surface area contributed by atoms with E-state index in [2.05, 4.69) is 15.1 Å². The van der Waals surface area contributed by atoms with Crippen LogP contribution >= 0.6 is 0 Å². The van der Waals surface area contributed by atoms with Crippen molar-refractivity contribution in [2.24, 2.45) is 7.05 Å². The molecule has 6 nitrogen and oxygen atoms in total. The molecule has 0 bridgehead atoms. The highest BCUT2D eigenvalue weighted by Crippen LogP contribution is 2.05. The van der Waals surface area contributed by atoms with Gasteiger partial charge in [-0.1, -0.05) is 6.92 Å². The molecule has 0 fully saturated rings. The molecule has 2 N–H and O–H groups in total. The molecule has 0 aliphatic heterocycles. The van der Waals surface area contributed by atoms with Crippen LogP contribution in [0.4, 0.5) is 0 Å². The number of rotatable bonds is 8. The minimum atomic E-state index is -3.12. The van der Waals surface area contributed by atoms with Crippen molar-refractivity contribution in [3.05, 3.63) is 17.5 Å². The summed E-state index contributed by atoms with van der Waals surface area (Å²) < 4.78 is 27.5. The topological polar surface area (TPSA) is 76.0 Å². The second-order valence-corrected chi connectivity index (χ2v) is 6.75. The quantitative estimate of drug-likeness (QED) is 0.732. The fourth-order valence-electron chi connectivity index (χ4n) is 1.67. The van der Waals surface area contributed by atoms with Gasteiger partial charge in [0.05, 0.1) is 11.9 Å². The van der Waals surface area contributed by atoms with Crippen molar-refractivity contribution in [3.63, 3.8) is 0 Å². The number of hydrogen-bond donors (Lipinski definition) is 2. The van der Waals surface area contributed by atoms with Gasteiger partial charge in [-0.2, -0.15) is 5.10 Å². The summed E-state index contributed by atoms with van der Waals surface area (Å²) in [6.07, 6.45) is 2.46. The van der Waals surface area contributed by atoms with Gasteiger partial charge in [-0.3, -0.25) is 4.68 Å². The Morgan fingerprint density at radius 3 is 2.68 bits per heavy atom. The Labute approximate surface area is 115 Å². The van der Waals surface area contributed by atoms with Crippen LogP contribution in [0.2, 0.25) is 0 Å². The van der Waals surface area contributed by atoms with Gasteiger partial charge in [0.25, 0.3) is 0 Å². The third kappa shape index (κ3) is 5.30. The van der Waals surface area contributed by atoms with Gasteiger partial charge < -0.3 is 5.32 Å². The molecule has 7 heteroatoms. The van der Waals surface area contributed by atoms with E-state index >= 15 is 0 Å². The van der Waals surface area contributed by atoms with E-state index in [0.29, 0.717) is 19.5 Å². The van der Waals surface area contributed by atoms with Crippen LogP contribution in [-0.2, 0) is 23.6 Å². The van der Waals surface area contributed by atoms with Gasteiger partial charge in [0.15, 0.2) is 0 Å². The normalized spacial score (nSPS) is 13.7. The number of nitrogens with one attached hydrogen (secondary N) is 2. The number of aromatic nitrogens is 2. The summed E-state index contributed by atoms with van der Waals surface area (Å²) in [6, 6.07) is 0.0752. The molecule has 0 saturated carbocycles. The fourth-order valence-corrected chi connectivity index (χ4v) is 2.85. The molecular weight excluding hydrogens is 264 g/mol. The summed E-state index contributed by atoms with van der Waals surface area (Å²) in [5.74, 6) is 0.182. The van der Waals surface area contributed by atoms with E-state index in [-0.39, 0.29) is 11.8 Å². The lowest BCUT2D eigenvalue weighted by molar-refractivity contribution is 0.523. The maximum absolute atomic E-state index is 11.5. The summed E-state index contributed by atoms with van der Waals surface area (Å²) in [7, 11) is -1.22. The first-order chi connectivity index (χ1) is 8.85. The summed E-state index contributed by atoms with van der Waals surface area (Å²) in [4.78, 5) is 0. The van der Waals surface area contributed by atoms with E-state index < -0.39 is 10.0 Å². The molecule has 1 aromatic heterocycles. The minimum absolute atomic E-state index is 0.0752. The Kier molecular flexibility index (Phi) is 5.96. The number of hydrogen-bond acceptors (Lipinski definition) is 4. The van der Waals surface area contributed by atoms with Crippen molar-refractivity contribution < 1.29 is 8.42 Å². The predicted molar refractivity (Wildman–Crippen MR) is 76.3 cm³/mol. The van der Waals surface area contributed by atoms with Crippen LogP contribution in [0.5, 0.6) is 0 Å². The van der Waals surface area contributed by atoms with Gasteiger partial charge in [-0.15, -0.1) is 0 Å². The number of nitrogens with zero attached hydrogens (tertiary/aromatic N) is 2. The van der Waals surface area contributed by atoms with Gasteiger partial charge in [-0.25, -0.2) is 13.1 Å². The van der Waals surface area contributed by atoms with Gasteiger partial charge in [0, 0.05) is 37.4 Å². The predicted octanol–water partition coefficient (Wildman–Crippen LogP) is 0.536. The Morgan fingerprint density at radius 2 is 2.16 bits per heavy atom. The van der Waals surface area contributed by atoms with Crippen LogP contribution in [0.1, 0.15) is 31.5 Å². The van der Waals surface area contributed by atoms with Crippen LogP contribution < -0.4 is 10.0 Å². The van der Waals surface area contributed by atoms with Gasteiger partial charge >= 0.3 is 0 Å². The van der Waals surface area contributed by atoms with E-state index in [9.17, 15) is 8.42 Å². The monoisotopic (exact) mass is 288 g/mol. The molecule has 1 unspecified atom stereocenters. The Hall–Kier alpha value is -0.920. The number of aryl methyl sites for hydroxylation is 1. The molecule has 0 radical (unpaired) electrons.